The Labute approximate surface area is 120 Å². The molecule has 0 aliphatic rings. The van der Waals surface area contributed by atoms with Crippen LogP contribution in [0, 0.1) is 13.8 Å². The predicted molar refractivity (Wildman–Crippen MR) is 84.9 cm³/mol. The minimum Gasteiger partial charge on any atom is -0.312 e. The zero-order valence-corrected chi connectivity index (χ0v) is 12.6. The molecule has 0 saturated heterocycles. The number of nitrogens with one attached hydrogen (secondary N) is 1. The summed E-state index contributed by atoms with van der Waals surface area (Å²) in [5.74, 6) is 1.04. The van der Waals surface area contributed by atoms with Crippen molar-refractivity contribution in [3.8, 4) is 0 Å². The molecule has 1 nitrogen and oxygen atoms in total. The van der Waals surface area contributed by atoms with Crippen LogP contribution in [0.3, 0.4) is 0 Å². The van der Waals surface area contributed by atoms with Crippen LogP contribution >= 0.6 is 11.8 Å². The molecular weight excluding hydrogens is 250 g/mol. The van der Waals surface area contributed by atoms with E-state index in [9.17, 15) is 0 Å². The minimum atomic E-state index is 0.395. The molecule has 0 aliphatic heterocycles. The Hall–Kier alpha value is -1.25. The van der Waals surface area contributed by atoms with Crippen LogP contribution in [0.15, 0.2) is 53.4 Å². The Morgan fingerprint density at radius 1 is 1.00 bits per heavy atom. The normalized spacial score (nSPS) is 12.4. The molecule has 0 spiro atoms. The summed E-state index contributed by atoms with van der Waals surface area (Å²) < 4.78 is 0. The number of hydrogen-bond acceptors (Lipinski definition) is 2. The lowest BCUT2D eigenvalue weighted by molar-refractivity contribution is 0.661. The van der Waals surface area contributed by atoms with Gasteiger partial charge in [0.15, 0.2) is 0 Å². The molecule has 2 heteroatoms. The molecule has 100 valence electrons. The Morgan fingerprint density at radius 3 is 2.37 bits per heavy atom. The van der Waals surface area contributed by atoms with E-state index in [0.717, 1.165) is 5.75 Å². The number of benzene rings is 2. The summed E-state index contributed by atoms with van der Waals surface area (Å²) in [5.41, 5.74) is 3.99. The average Bonchev–Trinajstić information content (AvgIpc) is 2.41. The number of hydrogen-bond donors (Lipinski definition) is 1. The van der Waals surface area contributed by atoms with Crippen molar-refractivity contribution in [3.63, 3.8) is 0 Å². The van der Waals surface area contributed by atoms with Crippen LogP contribution in [-0.2, 0) is 0 Å². The van der Waals surface area contributed by atoms with Gasteiger partial charge in [-0.1, -0.05) is 47.5 Å². The van der Waals surface area contributed by atoms with Crippen molar-refractivity contribution in [2.24, 2.45) is 0 Å². The topological polar surface area (TPSA) is 12.0 Å². The van der Waals surface area contributed by atoms with Crippen molar-refractivity contribution in [3.05, 3.63) is 65.2 Å². The third-order valence-electron chi connectivity index (χ3n) is 3.23. The molecule has 1 N–H and O–H groups in total. The number of aryl methyl sites for hydroxylation is 2. The molecule has 0 bridgehead atoms. The second-order valence-electron chi connectivity index (χ2n) is 4.88. The molecule has 2 rings (SSSR count). The predicted octanol–water partition coefficient (Wildman–Crippen LogP) is 4.36. The minimum absolute atomic E-state index is 0.395. The van der Waals surface area contributed by atoms with E-state index >= 15 is 0 Å². The lowest BCUT2D eigenvalue weighted by Gasteiger charge is -2.16. The van der Waals surface area contributed by atoms with E-state index in [1.54, 1.807) is 0 Å². The van der Waals surface area contributed by atoms with Gasteiger partial charge in [0.1, 0.15) is 0 Å². The quantitative estimate of drug-likeness (QED) is 0.811. The van der Waals surface area contributed by atoms with E-state index in [1.807, 2.05) is 18.8 Å². The molecule has 0 heterocycles. The van der Waals surface area contributed by atoms with E-state index in [2.05, 4.69) is 67.7 Å². The van der Waals surface area contributed by atoms with Crippen LogP contribution < -0.4 is 5.32 Å². The van der Waals surface area contributed by atoms with Gasteiger partial charge in [-0.25, -0.2) is 0 Å². The van der Waals surface area contributed by atoms with Crippen LogP contribution in [0.5, 0.6) is 0 Å². The Morgan fingerprint density at radius 2 is 1.74 bits per heavy atom. The number of thioether (sulfide) groups is 1. The van der Waals surface area contributed by atoms with Crippen LogP contribution in [0.1, 0.15) is 22.7 Å². The molecular formula is C17H21NS. The first kappa shape index (κ1) is 14.2. The van der Waals surface area contributed by atoms with Gasteiger partial charge in [0.2, 0.25) is 0 Å². The Kier molecular flexibility index (Phi) is 5.06. The average molecular weight is 271 g/mol. The van der Waals surface area contributed by atoms with E-state index in [0.29, 0.717) is 6.04 Å². The fraction of sp³-hybridized carbons (Fsp3) is 0.294. The third-order valence-corrected chi connectivity index (χ3v) is 4.32. The third kappa shape index (κ3) is 4.12. The highest BCUT2D eigenvalue weighted by Gasteiger charge is 2.09. The smallest absolute Gasteiger partial charge is 0.0412 e. The van der Waals surface area contributed by atoms with Crippen molar-refractivity contribution in [2.45, 2.75) is 24.8 Å². The van der Waals surface area contributed by atoms with Crippen molar-refractivity contribution in [1.82, 2.24) is 5.32 Å². The highest BCUT2D eigenvalue weighted by Crippen LogP contribution is 2.25. The highest BCUT2D eigenvalue weighted by molar-refractivity contribution is 7.99. The lowest BCUT2D eigenvalue weighted by atomic mass is 10.1. The fourth-order valence-corrected chi connectivity index (χ4v) is 3.19. The summed E-state index contributed by atoms with van der Waals surface area (Å²) in [5, 5.41) is 3.40. The SMILES string of the molecule is CNC(CSc1cccc(C)c1)c1ccc(C)cc1. The van der Waals surface area contributed by atoms with Gasteiger partial charge in [0, 0.05) is 16.7 Å². The van der Waals surface area contributed by atoms with E-state index in [-0.39, 0.29) is 0 Å². The second-order valence-corrected chi connectivity index (χ2v) is 5.97. The summed E-state index contributed by atoms with van der Waals surface area (Å²) >= 11 is 1.90. The van der Waals surface area contributed by atoms with Crippen molar-refractivity contribution >= 4 is 11.8 Å². The maximum atomic E-state index is 3.40. The molecule has 2 aromatic carbocycles. The van der Waals surface area contributed by atoms with Gasteiger partial charge in [-0.05, 0) is 38.6 Å². The second kappa shape index (κ2) is 6.78. The van der Waals surface area contributed by atoms with E-state index in [4.69, 9.17) is 0 Å². The maximum Gasteiger partial charge on any atom is 0.0412 e. The van der Waals surface area contributed by atoms with Gasteiger partial charge < -0.3 is 5.32 Å². The van der Waals surface area contributed by atoms with Gasteiger partial charge in [-0.15, -0.1) is 11.8 Å². The molecule has 19 heavy (non-hydrogen) atoms. The maximum absolute atomic E-state index is 3.40. The van der Waals surface area contributed by atoms with Gasteiger partial charge in [0.25, 0.3) is 0 Å². The molecule has 0 aromatic heterocycles. The summed E-state index contributed by atoms with van der Waals surface area (Å²) in [6.45, 7) is 4.26. The number of rotatable bonds is 5. The van der Waals surface area contributed by atoms with Gasteiger partial charge in [-0.2, -0.15) is 0 Å². The first-order valence-corrected chi connectivity index (χ1v) is 7.61. The molecule has 0 aliphatic carbocycles. The molecule has 1 unspecified atom stereocenters. The summed E-state index contributed by atoms with van der Waals surface area (Å²) in [4.78, 5) is 1.34. The Bertz CT molecular complexity index is 519. The molecule has 1 atom stereocenters. The zero-order chi connectivity index (χ0) is 13.7. The summed E-state index contributed by atoms with van der Waals surface area (Å²) in [6, 6.07) is 17.9. The highest BCUT2D eigenvalue weighted by atomic mass is 32.2. The molecule has 0 fully saturated rings. The summed E-state index contributed by atoms with van der Waals surface area (Å²) in [6.07, 6.45) is 0. The summed E-state index contributed by atoms with van der Waals surface area (Å²) in [7, 11) is 2.03. The molecule has 0 radical (unpaired) electrons. The molecule has 0 amide bonds. The van der Waals surface area contributed by atoms with Crippen molar-refractivity contribution in [1.29, 1.82) is 0 Å². The lowest BCUT2D eigenvalue weighted by Crippen LogP contribution is -2.18. The first-order valence-electron chi connectivity index (χ1n) is 6.62. The van der Waals surface area contributed by atoms with Gasteiger partial charge >= 0.3 is 0 Å². The Balaban J connectivity index is 2.01. The largest absolute Gasteiger partial charge is 0.312 e. The van der Waals surface area contributed by atoms with Gasteiger partial charge in [-0.3, -0.25) is 0 Å². The molecule has 2 aromatic rings. The first-order chi connectivity index (χ1) is 9.19. The van der Waals surface area contributed by atoms with Gasteiger partial charge in [0.05, 0.1) is 0 Å². The monoisotopic (exact) mass is 271 g/mol. The van der Waals surface area contributed by atoms with Crippen LogP contribution in [0.4, 0.5) is 0 Å². The van der Waals surface area contributed by atoms with E-state index < -0.39 is 0 Å². The van der Waals surface area contributed by atoms with Crippen LogP contribution in [0.2, 0.25) is 0 Å². The van der Waals surface area contributed by atoms with Crippen molar-refractivity contribution < 1.29 is 0 Å². The fourth-order valence-electron chi connectivity index (χ4n) is 2.03. The zero-order valence-electron chi connectivity index (χ0n) is 11.8. The standard InChI is InChI=1S/C17H21NS/c1-13-7-9-15(10-8-13)17(18-3)12-19-16-6-4-5-14(2)11-16/h4-11,17-18H,12H2,1-3H3. The molecule has 0 saturated carbocycles. The van der Waals surface area contributed by atoms with E-state index in [1.165, 1.54) is 21.6 Å². The van der Waals surface area contributed by atoms with Crippen LogP contribution in [-0.4, -0.2) is 12.8 Å². The van der Waals surface area contributed by atoms with Crippen LogP contribution in [0.25, 0.3) is 0 Å². The van der Waals surface area contributed by atoms with Crippen molar-refractivity contribution in [2.75, 3.05) is 12.8 Å².